The van der Waals surface area contributed by atoms with Gasteiger partial charge in [0.15, 0.2) is 4.80 Å². The van der Waals surface area contributed by atoms with Crippen LogP contribution in [0, 0.1) is 10.1 Å². The van der Waals surface area contributed by atoms with Gasteiger partial charge in [-0.25, -0.2) is 9.79 Å². The van der Waals surface area contributed by atoms with Crippen LogP contribution in [0.4, 0.5) is 5.69 Å². The average Bonchev–Trinajstić information content (AvgIpc) is 3.18. The lowest BCUT2D eigenvalue weighted by Crippen LogP contribution is -2.40. The molecule has 0 amide bonds. The van der Waals surface area contributed by atoms with Crippen molar-refractivity contribution in [2.75, 3.05) is 6.61 Å². The van der Waals surface area contributed by atoms with Crippen LogP contribution in [0.15, 0.2) is 63.5 Å². The highest BCUT2D eigenvalue weighted by Crippen LogP contribution is 2.32. The third-order valence-electron chi connectivity index (χ3n) is 5.70. The summed E-state index contributed by atoms with van der Waals surface area (Å²) in [5, 5.41) is 11.5. The minimum absolute atomic E-state index is 0.0516. The van der Waals surface area contributed by atoms with Crippen LogP contribution < -0.4 is 24.4 Å². The summed E-state index contributed by atoms with van der Waals surface area (Å²) >= 11 is 1.02. The van der Waals surface area contributed by atoms with E-state index in [2.05, 4.69) is 4.99 Å². The number of aromatic nitrogens is 1. The van der Waals surface area contributed by atoms with Crippen LogP contribution in [0.2, 0.25) is 0 Å². The zero-order valence-electron chi connectivity index (χ0n) is 21.8. The van der Waals surface area contributed by atoms with Gasteiger partial charge in [-0.15, -0.1) is 0 Å². The molecule has 40 heavy (non-hydrogen) atoms. The summed E-state index contributed by atoms with van der Waals surface area (Å²) in [6.07, 6.45) is 1.48. The summed E-state index contributed by atoms with van der Waals surface area (Å²) in [5.74, 6) is -1.70. The first-order chi connectivity index (χ1) is 19.0. The fourth-order valence-electron chi connectivity index (χ4n) is 4.16. The predicted molar refractivity (Wildman–Crippen MR) is 143 cm³/mol. The van der Waals surface area contributed by atoms with E-state index in [1.165, 1.54) is 60.9 Å². The minimum Gasteiger partial charge on any atom is -0.463 e. The second-order valence-electron chi connectivity index (χ2n) is 8.54. The SMILES string of the molecule is CCOC(=O)C1=C(C)N=c2s/c(=C\c3ccc(OC(C)=O)cc3OC(C)=O)c(=O)n2C1c1cccc([N+](=O)[O-])c1. The highest BCUT2D eigenvalue weighted by atomic mass is 32.1. The van der Waals surface area contributed by atoms with Gasteiger partial charge in [-0.2, -0.15) is 0 Å². The second-order valence-corrected chi connectivity index (χ2v) is 9.55. The van der Waals surface area contributed by atoms with Crippen molar-refractivity contribution in [2.24, 2.45) is 4.99 Å². The molecule has 2 heterocycles. The summed E-state index contributed by atoms with van der Waals surface area (Å²) in [6, 6.07) is 8.96. The Labute approximate surface area is 230 Å². The maximum Gasteiger partial charge on any atom is 0.338 e. The Kier molecular flexibility index (Phi) is 8.05. The maximum absolute atomic E-state index is 13.8. The Morgan fingerprint density at radius 2 is 1.85 bits per heavy atom. The molecule has 0 radical (unpaired) electrons. The number of benzene rings is 2. The minimum atomic E-state index is -1.04. The Morgan fingerprint density at radius 3 is 2.50 bits per heavy atom. The van der Waals surface area contributed by atoms with Crippen molar-refractivity contribution in [2.45, 2.75) is 33.7 Å². The molecule has 4 rings (SSSR count). The van der Waals surface area contributed by atoms with Crippen molar-refractivity contribution in [3.8, 4) is 11.5 Å². The van der Waals surface area contributed by atoms with E-state index in [-0.39, 0.29) is 38.7 Å². The van der Waals surface area contributed by atoms with Gasteiger partial charge in [0, 0.05) is 37.6 Å². The summed E-state index contributed by atoms with van der Waals surface area (Å²) in [5.41, 5.74) is 0.292. The summed E-state index contributed by atoms with van der Waals surface area (Å²) in [7, 11) is 0. The van der Waals surface area contributed by atoms with Crippen molar-refractivity contribution in [3.05, 3.63) is 94.7 Å². The molecule has 2 aromatic carbocycles. The number of ether oxygens (including phenoxy) is 3. The number of fused-ring (bicyclic) bond motifs is 1. The van der Waals surface area contributed by atoms with Gasteiger partial charge in [0.2, 0.25) is 0 Å². The number of thiazole rings is 1. The molecule has 0 bridgehead atoms. The van der Waals surface area contributed by atoms with Gasteiger partial charge in [0.05, 0.1) is 33.4 Å². The number of allylic oxidation sites excluding steroid dienone is 1. The maximum atomic E-state index is 13.8. The van der Waals surface area contributed by atoms with Gasteiger partial charge in [0.1, 0.15) is 11.5 Å². The molecule has 1 atom stereocenters. The number of rotatable bonds is 7. The summed E-state index contributed by atoms with van der Waals surface area (Å²) in [6.45, 7) is 5.74. The van der Waals surface area contributed by atoms with Crippen molar-refractivity contribution < 1.29 is 33.5 Å². The molecular weight excluding hydrogens is 542 g/mol. The highest BCUT2D eigenvalue weighted by molar-refractivity contribution is 7.07. The Hall–Kier alpha value is -4.91. The van der Waals surface area contributed by atoms with Gasteiger partial charge in [-0.1, -0.05) is 23.5 Å². The number of nitrogens with zero attached hydrogens (tertiary/aromatic N) is 3. The van der Waals surface area contributed by atoms with E-state index >= 15 is 0 Å². The number of hydrogen-bond acceptors (Lipinski definition) is 11. The lowest BCUT2D eigenvalue weighted by molar-refractivity contribution is -0.384. The first-order valence-electron chi connectivity index (χ1n) is 11.9. The normalized spacial score (nSPS) is 14.7. The van der Waals surface area contributed by atoms with Crippen LogP contribution in [0.3, 0.4) is 0 Å². The zero-order valence-corrected chi connectivity index (χ0v) is 22.6. The van der Waals surface area contributed by atoms with Gasteiger partial charge < -0.3 is 14.2 Å². The number of carbonyl (C=O) groups excluding carboxylic acids is 3. The van der Waals surface area contributed by atoms with Crippen molar-refractivity contribution >= 4 is 41.0 Å². The molecule has 1 unspecified atom stereocenters. The summed E-state index contributed by atoms with van der Waals surface area (Å²) in [4.78, 5) is 65.5. The van der Waals surface area contributed by atoms with Crippen LogP contribution in [0.25, 0.3) is 6.08 Å². The van der Waals surface area contributed by atoms with E-state index in [0.29, 0.717) is 16.8 Å². The van der Waals surface area contributed by atoms with E-state index in [4.69, 9.17) is 14.2 Å². The number of esters is 3. The third kappa shape index (κ3) is 5.73. The van der Waals surface area contributed by atoms with E-state index in [9.17, 15) is 29.3 Å². The quantitative estimate of drug-likeness (QED) is 0.182. The van der Waals surface area contributed by atoms with Crippen molar-refractivity contribution in [1.82, 2.24) is 4.57 Å². The molecule has 206 valence electrons. The van der Waals surface area contributed by atoms with Crippen molar-refractivity contribution in [3.63, 3.8) is 0 Å². The van der Waals surface area contributed by atoms with Gasteiger partial charge in [0.25, 0.3) is 11.2 Å². The largest absolute Gasteiger partial charge is 0.463 e. The van der Waals surface area contributed by atoms with Crippen LogP contribution in [-0.4, -0.2) is 34.0 Å². The second kappa shape index (κ2) is 11.5. The molecule has 0 saturated heterocycles. The van der Waals surface area contributed by atoms with Crippen molar-refractivity contribution in [1.29, 1.82) is 0 Å². The molecule has 13 heteroatoms. The lowest BCUT2D eigenvalue weighted by Gasteiger charge is -2.24. The molecule has 0 fully saturated rings. The number of nitro benzene ring substituents is 1. The molecule has 0 saturated carbocycles. The van der Waals surface area contributed by atoms with Gasteiger partial charge >= 0.3 is 17.9 Å². The fraction of sp³-hybridized carbons (Fsp3) is 0.222. The third-order valence-corrected chi connectivity index (χ3v) is 6.68. The Balaban J connectivity index is 1.95. The van der Waals surface area contributed by atoms with E-state index in [0.717, 1.165) is 11.3 Å². The molecular formula is C27H23N3O9S. The standard InChI is InChI=1S/C27H23N3O9S/c1-5-37-26(34)23-14(2)28-27-29(24(23)18-7-6-8-19(11-18)30(35)36)25(33)22(40-27)12-17-9-10-20(38-15(3)31)13-21(17)39-16(4)32/h6-13,24H,5H2,1-4H3/b22-12-. The zero-order chi connectivity index (χ0) is 29.1. The average molecular weight is 566 g/mol. The molecule has 1 aromatic heterocycles. The van der Waals surface area contributed by atoms with Crippen LogP contribution in [-0.2, 0) is 19.1 Å². The molecule has 0 N–H and O–H groups in total. The topological polar surface area (TPSA) is 156 Å². The summed E-state index contributed by atoms with van der Waals surface area (Å²) < 4.78 is 17.0. The lowest BCUT2D eigenvalue weighted by atomic mass is 9.95. The Morgan fingerprint density at radius 1 is 1.12 bits per heavy atom. The van der Waals surface area contributed by atoms with Crippen LogP contribution >= 0.6 is 11.3 Å². The fourth-order valence-corrected chi connectivity index (χ4v) is 5.20. The molecule has 3 aromatic rings. The number of carbonyl (C=O) groups is 3. The van der Waals surface area contributed by atoms with Gasteiger partial charge in [-0.3, -0.25) is 29.1 Å². The molecule has 0 aliphatic carbocycles. The number of non-ortho nitro benzene ring substituents is 1. The molecule has 0 spiro atoms. The Bertz CT molecular complexity index is 1770. The van der Waals surface area contributed by atoms with Crippen LogP contribution in [0.1, 0.15) is 44.9 Å². The monoisotopic (exact) mass is 565 g/mol. The first-order valence-corrected chi connectivity index (χ1v) is 12.8. The predicted octanol–water partition coefficient (Wildman–Crippen LogP) is 2.56. The highest BCUT2D eigenvalue weighted by Gasteiger charge is 2.34. The number of nitro groups is 1. The van der Waals surface area contributed by atoms with E-state index in [1.807, 2.05) is 0 Å². The molecule has 12 nitrogen and oxygen atoms in total. The number of hydrogen-bond donors (Lipinski definition) is 0. The molecule has 1 aliphatic rings. The van der Waals surface area contributed by atoms with E-state index in [1.54, 1.807) is 19.9 Å². The first kappa shape index (κ1) is 28.1. The molecule has 1 aliphatic heterocycles. The van der Waals surface area contributed by atoms with Crippen LogP contribution in [0.5, 0.6) is 11.5 Å². The smallest absolute Gasteiger partial charge is 0.338 e. The van der Waals surface area contributed by atoms with Gasteiger partial charge in [-0.05, 0) is 37.6 Å². The van der Waals surface area contributed by atoms with E-state index < -0.39 is 34.4 Å².